The van der Waals surface area contributed by atoms with Gasteiger partial charge < -0.3 is 14.6 Å². The Hall–Kier alpha value is -3.43. The highest BCUT2D eigenvalue weighted by atomic mass is 79.9. The van der Waals surface area contributed by atoms with Crippen molar-refractivity contribution in [1.29, 1.82) is 0 Å². The van der Waals surface area contributed by atoms with E-state index in [1.807, 2.05) is 59.3 Å². The summed E-state index contributed by atoms with van der Waals surface area (Å²) in [6.45, 7) is 0.0867. The van der Waals surface area contributed by atoms with Gasteiger partial charge in [0.2, 0.25) is 0 Å². The summed E-state index contributed by atoms with van der Waals surface area (Å²) in [5, 5.41) is 3.03. The van der Waals surface area contributed by atoms with E-state index in [9.17, 15) is 13.2 Å². The zero-order valence-electron chi connectivity index (χ0n) is 19.2. The molecule has 1 heterocycles. The number of aromatic nitrogens is 2. The molecule has 0 amide bonds. The number of ether oxygens (including phenoxy) is 1. The number of rotatable bonds is 8. The first-order valence-corrected chi connectivity index (χ1v) is 13.5. The molecule has 0 spiro atoms. The number of hydrogen-bond acceptors (Lipinski definition) is 6. The van der Waals surface area contributed by atoms with E-state index in [4.69, 9.17) is 4.98 Å². The van der Waals surface area contributed by atoms with E-state index in [0.717, 1.165) is 38.5 Å². The van der Waals surface area contributed by atoms with Crippen LogP contribution in [0, 0.1) is 0 Å². The second kappa shape index (κ2) is 10.5. The molecule has 4 rings (SSSR count). The van der Waals surface area contributed by atoms with Gasteiger partial charge in [0.05, 0.1) is 17.7 Å². The third kappa shape index (κ3) is 6.17. The summed E-state index contributed by atoms with van der Waals surface area (Å²) in [6, 6.07) is 22.5. The summed E-state index contributed by atoms with van der Waals surface area (Å²) in [4.78, 5) is 16.5. The standard InChI is InChI=1S/C26H24BrN3O4S/c1-34-26(31)16-28-21-9-11-22(12-10-21)30-17-24(19-5-13-23(14-6-19)35(2,32)33)29-25(30)15-18-3-7-20(27)8-4-18/h3-14,17,28H,15-16H2,1-2H3. The van der Waals surface area contributed by atoms with E-state index >= 15 is 0 Å². The number of methoxy groups -OCH3 is 1. The third-order valence-electron chi connectivity index (χ3n) is 5.44. The molecule has 4 aromatic rings. The Bertz CT molecular complexity index is 1430. The highest BCUT2D eigenvalue weighted by Crippen LogP contribution is 2.25. The van der Waals surface area contributed by atoms with Crippen molar-refractivity contribution in [2.24, 2.45) is 0 Å². The van der Waals surface area contributed by atoms with E-state index in [0.29, 0.717) is 6.42 Å². The van der Waals surface area contributed by atoms with Crippen LogP contribution in [-0.4, -0.2) is 43.8 Å². The number of imidazole rings is 1. The van der Waals surface area contributed by atoms with Crippen molar-refractivity contribution in [3.63, 3.8) is 0 Å². The van der Waals surface area contributed by atoms with Gasteiger partial charge >= 0.3 is 5.97 Å². The Labute approximate surface area is 212 Å². The van der Waals surface area contributed by atoms with Crippen molar-refractivity contribution < 1.29 is 17.9 Å². The van der Waals surface area contributed by atoms with Crippen LogP contribution in [0.2, 0.25) is 0 Å². The average molecular weight is 554 g/mol. The lowest BCUT2D eigenvalue weighted by atomic mass is 10.1. The molecule has 0 saturated heterocycles. The molecule has 3 aromatic carbocycles. The Morgan fingerprint density at radius 2 is 1.66 bits per heavy atom. The Kier molecular flexibility index (Phi) is 7.37. The van der Waals surface area contributed by atoms with Crippen LogP contribution in [0.4, 0.5) is 5.69 Å². The van der Waals surface area contributed by atoms with E-state index in [2.05, 4.69) is 26.0 Å². The molecule has 35 heavy (non-hydrogen) atoms. The monoisotopic (exact) mass is 553 g/mol. The van der Waals surface area contributed by atoms with Crippen molar-refractivity contribution in [2.45, 2.75) is 11.3 Å². The first kappa shape index (κ1) is 24.7. The van der Waals surface area contributed by atoms with Crippen LogP contribution >= 0.6 is 15.9 Å². The minimum absolute atomic E-state index is 0.0867. The molecule has 0 aliphatic carbocycles. The summed E-state index contributed by atoms with van der Waals surface area (Å²) in [6.07, 6.45) is 3.74. The average Bonchev–Trinajstić information content (AvgIpc) is 3.27. The summed E-state index contributed by atoms with van der Waals surface area (Å²) < 4.78 is 31.3. The minimum Gasteiger partial charge on any atom is -0.468 e. The molecule has 0 fully saturated rings. The Balaban J connectivity index is 1.68. The van der Waals surface area contributed by atoms with Crippen LogP contribution in [0.15, 0.2) is 88.4 Å². The van der Waals surface area contributed by atoms with E-state index in [-0.39, 0.29) is 17.4 Å². The van der Waals surface area contributed by atoms with Crippen molar-refractivity contribution in [1.82, 2.24) is 9.55 Å². The second-order valence-corrected chi connectivity index (χ2v) is 10.9. The third-order valence-corrected chi connectivity index (χ3v) is 7.10. The number of carbonyl (C=O) groups is 1. The number of sulfone groups is 1. The number of nitrogens with zero attached hydrogens (tertiary/aromatic N) is 2. The molecule has 0 bridgehead atoms. The van der Waals surface area contributed by atoms with Gasteiger partial charge in [-0.05, 0) is 54.1 Å². The number of nitrogens with one attached hydrogen (secondary N) is 1. The van der Waals surface area contributed by atoms with Gasteiger partial charge in [-0.25, -0.2) is 13.4 Å². The number of benzene rings is 3. The van der Waals surface area contributed by atoms with Gasteiger partial charge in [0.25, 0.3) is 0 Å². The topological polar surface area (TPSA) is 90.3 Å². The van der Waals surface area contributed by atoms with Gasteiger partial charge in [0.1, 0.15) is 12.4 Å². The summed E-state index contributed by atoms with van der Waals surface area (Å²) in [5.41, 5.74) is 4.38. The maximum absolute atomic E-state index is 11.8. The van der Waals surface area contributed by atoms with Crippen molar-refractivity contribution >= 4 is 37.4 Å². The van der Waals surface area contributed by atoms with Crippen molar-refractivity contribution in [2.75, 3.05) is 25.2 Å². The van der Waals surface area contributed by atoms with E-state index < -0.39 is 9.84 Å². The van der Waals surface area contributed by atoms with E-state index in [1.165, 1.54) is 13.4 Å². The minimum atomic E-state index is -3.27. The van der Waals surface area contributed by atoms with Gasteiger partial charge in [-0.15, -0.1) is 0 Å². The normalized spacial score (nSPS) is 11.3. The second-order valence-electron chi connectivity index (χ2n) is 7.99. The number of anilines is 1. The quantitative estimate of drug-likeness (QED) is 0.313. The zero-order chi connectivity index (χ0) is 25.0. The fourth-order valence-corrected chi connectivity index (χ4v) is 4.44. The van der Waals surface area contributed by atoms with Crippen LogP contribution in [0.5, 0.6) is 0 Å². The van der Waals surface area contributed by atoms with Crippen LogP contribution < -0.4 is 5.32 Å². The molecular formula is C26H24BrN3O4S. The van der Waals surface area contributed by atoms with E-state index in [1.54, 1.807) is 24.3 Å². The number of carbonyl (C=O) groups excluding carboxylic acids is 1. The number of hydrogen-bond donors (Lipinski definition) is 1. The predicted octanol–water partition coefficient (Wildman–Crippen LogP) is 4.88. The lowest BCUT2D eigenvalue weighted by Gasteiger charge is -2.10. The fourth-order valence-electron chi connectivity index (χ4n) is 3.55. The fraction of sp³-hybridized carbons (Fsp3) is 0.154. The van der Waals surface area contributed by atoms with Crippen molar-refractivity contribution in [3.8, 4) is 16.9 Å². The molecule has 180 valence electrons. The SMILES string of the molecule is COC(=O)CNc1ccc(-n2cc(-c3ccc(S(C)(=O)=O)cc3)nc2Cc2ccc(Br)cc2)cc1. The molecule has 0 atom stereocenters. The largest absolute Gasteiger partial charge is 0.468 e. The molecule has 1 N–H and O–H groups in total. The summed E-state index contributed by atoms with van der Waals surface area (Å²) in [5.74, 6) is 0.497. The van der Waals surface area contributed by atoms with Gasteiger partial charge in [-0.1, -0.05) is 40.2 Å². The first-order chi connectivity index (χ1) is 16.7. The molecule has 0 aliphatic rings. The Morgan fingerprint density at radius 1 is 1.00 bits per heavy atom. The Morgan fingerprint density at radius 3 is 2.26 bits per heavy atom. The first-order valence-electron chi connectivity index (χ1n) is 10.8. The lowest BCUT2D eigenvalue weighted by Crippen LogP contribution is -2.14. The van der Waals surface area contributed by atoms with Gasteiger partial charge in [0, 0.05) is 40.3 Å². The molecule has 0 radical (unpaired) electrons. The molecule has 0 unspecified atom stereocenters. The number of halogens is 1. The van der Waals surface area contributed by atoms with Crippen LogP contribution in [0.25, 0.3) is 16.9 Å². The maximum Gasteiger partial charge on any atom is 0.325 e. The molecule has 9 heteroatoms. The zero-order valence-corrected chi connectivity index (χ0v) is 21.6. The van der Waals surface area contributed by atoms with Crippen molar-refractivity contribution in [3.05, 3.63) is 94.9 Å². The molecule has 0 aliphatic heterocycles. The molecule has 7 nitrogen and oxygen atoms in total. The smallest absolute Gasteiger partial charge is 0.325 e. The van der Waals surface area contributed by atoms with Gasteiger partial charge in [0.15, 0.2) is 9.84 Å². The summed E-state index contributed by atoms with van der Waals surface area (Å²) in [7, 11) is -1.92. The molecule has 0 saturated carbocycles. The predicted molar refractivity (Wildman–Crippen MR) is 140 cm³/mol. The molecular weight excluding hydrogens is 530 g/mol. The van der Waals surface area contributed by atoms with Crippen LogP contribution in [0.3, 0.4) is 0 Å². The number of esters is 1. The maximum atomic E-state index is 11.8. The van der Waals surface area contributed by atoms with Gasteiger partial charge in [-0.2, -0.15) is 0 Å². The molecule has 1 aromatic heterocycles. The van der Waals surface area contributed by atoms with Crippen LogP contribution in [0.1, 0.15) is 11.4 Å². The van der Waals surface area contributed by atoms with Gasteiger partial charge in [-0.3, -0.25) is 4.79 Å². The highest BCUT2D eigenvalue weighted by molar-refractivity contribution is 9.10. The lowest BCUT2D eigenvalue weighted by molar-refractivity contribution is -0.138. The summed E-state index contributed by atoms with van der Waals surface area (Å²) >= 11 is 3.47. The highest BCUT2D eigenvalue weighted by Gasteiger charge is 2.14. The van der Waals surface area contributed by atoms with Crippen LogP contribution in [-0.2, 0) is 25.8 Å².